The molecule has 0 radical (unpaired) electrons. The van der Waals surface area contributed by atoms with Crippen molar-refractivity contribution >= 4 is 32.7 Å². The van der Waals surface area contributed by atoms with Gasteiger partial charge in [0.25, 0.3) is 0 Å². The molecular weight excluding hydrogens is 546 g/mol. The van der Waals surface area contributed by atoms with E-state index in [1.54, 1.807) is 12.3 Å². The average Bonchev–Trinajstić information content (AvgIpc) is 3.76. The SMILES string of the molecule is CC(C)c1cc(-c2ccc(NS(=O)(=O)CCC(C)(F)F)nc2)cc2cnc(NC3CCC(NCC4CC4)CC3)nc12. The third-order valence-electron chi connectivity index (χ3n) is 7.95. The predicted octanol–water partition coefficient (Wildman–Crippen LogP) is 6.32. The van der Waals surface area contributed by atoms with Gasteiger partial charge in [-0.05, 0) is 99.2 Å². The molecule has 8 nitrogen and oxygen atoms in total. The van der Waals surface area contributed by atoms with Crippen molar-refractivity contribution in [3.63, 3.8) is 0 Å². The van der Waals surface area contributed by atoms with Gasteiger partial charge in [-0.2, -0.15) is 0 Å². The average molecular weight is 587 g/mol. The minimum absolute atomic E-state index is 0.0878. The maximum atomic E-state index is 13.1. The number of nitrogens with zero attached hydrogens (tertiary/aromatic N) is 3. The summed E-state index contributed by atoms with van der Waals surface area (Å²) in [6, 6.07) is 8.38. The molecule has 0 unspecified atom stereocenters. The molecule has 0 bridgehead atoms. The first-order chi connectivity index (χ1) is 19.4. The van der Waals surface area contributed by atoms with E-state index in [4.69, 9.17) is 4.98 Å². The summed E-state index contributed by atoms with van der Waals surface area (Å²) in [5.74, 6) is -1.88. The molecule has 0 saturated heterocycles. The number of halogens is 2. The number of nitrogens with one attached hydrogen (secondary N) is 3. The van der Waals surface area contributed by atoms with Crippen LogP contribution in [0, 0.1) is 5.92 Å². The number of alkyl halides is 2. The summed E-state index contributed by atoms with van der Waals surface area (Å²) in [5, 5.41) is 8.21. The predicted molar refractivity (Wildman–Crippen MR) is 160 cm³/mol. The smallest absolute Gasteiger partial charge is 0.246 e. The van der Waals surface area contributed by atoms with Crippen molar-refractivity contribution in [3.05, 3.63) is 42.2 Å². The Morgan fingerprint density at radius 2 is 1.71 bits per heavy atom. The van der Waals surface area contributed by atoms with Crippen molar-refractivity contribution in [3.8, 4) is 11.1 Å². The number of pyridine rings is 1. The van der Waals surface area contributed by atoms with E-state index in [1.165, 1.54) is 31.7 Å². The highest BCUT2D eigenvalue weighted by Gasteiger charge is 2.26. The van der Waals surface area contributed by atoms with Crippen LogP contribution in [-0.2, 0) is 10.0 Å². The van der Waals surface area contributed by atoms with E-state index in [2.05, 4.69) is 45.2 Å². The van der Waals surface area contributed by atoms with Gasteiger partial charge in [-0.15, -0.1) is 0 Å². The fourth-order valence-electron chi connectivity index (χ4n) is 5.28. The maximum Gasteiger partial charge on any atom is 0.246 e. The normalized spacial score (nSPS) is 20.0. The van der Waals surface area contributed by atoms with Gasteiger partial charge in [-0.25, -0.2) is 32.2 Å². The molecule has 2 aliphatic rings. The van der Waals surface area contributed by atoms with Crippen molar-refractivity contribution in [2.24, 2.45) is 5.92 Å². The molecule has 222 valence electrons. The molecular formula is C30H40F2N6O2S. The summed E-state index contributed by atoms with van der Waals surface area (Å²) in [6.45, 7) is 6.12. The van der Waals surface area contributed by atoms with Crippen LogP contribution in [0.15, 0.2) is 36.7 Å². The number of benzene rings is 1. The van der Waals surface area contributed by atoms with Crippen LogP contribution >= 0.6 is 0 Å². The van der Waals surface area contributed by atoms with Crippen LogP contribution in [0.25, 0.3) is 22.0 Å². The van der Waals surface area contributed by atoms with E-state index >= 15 is 0 Å². The molecule has 2 aromatic heterocycles. The van der Waals surface area contributed by atoms with Crippen LogP contribution in [0.3, 0.4) is 0 Å². The lowest BCUT2D eigenvalue weighted by molar-refractivity contribution is 0.0189. The van der Waals surface area contributed by atoms with Crippen LogP contribution in [0.2, 0.25) is 0 Å². The summed E-state index contributed by atoms with van der Waals surface area (Å²) in [6.07, 6.45) is 9.96. The number of rotatable bonds is 12. The van der Waals surface area contributed by atoms with Gasteiger partial charge in [0.2, 0.25) is 21.9 Å². The van der Waals surface area contributed by atoms with Crippen LogP contribution < -0.4 is 15.4 Å². The molecule has 5 rings (SSSR count). The Morgan fingerprint density at radius 3 is 2.34 bits per heavy atom. The van der Waals surface area contributed by atoms with Gasteiger partial charge in [0.15, 0.2) is 0 Å². The number of hydrogen-bond donors (Lipinski definition) is 3. The third-order valence-corrected chi connectivity index (χ3v) is 9.22. The first kappa shape index (κ1) is 29.6. The van der Waals surface area contributed by atoms with Crippen LogP contribution in [0.1, 0.15) is 77.2 Å². The molecule has 0 amide bonds. The van der Waals surface area contributed by atoms with Crippen LogP contribution in [-0.4, -0.2) is 53.7 Å². The second-order valence-corrected chi connectivity index (χ2v) is 13.9. The standard InChI is InChI=1S/C30H40F2N6O2S/c1-19(2)26-15-22(21-6-11-27(34-17-21)38-41(39,40)13-12-30(3,31)32)14-23-18-35-29(37-28(23)26)36-25-9-7-24(8-10-25)33-16-20-4-5-20/h6,11,14-15,17-20,24-25,33H,4-5,7-10,12-13,16H2,1-3H3,(H,34,38)(H,35,36,37). The lowest BCUT2D eigenvalue weighted by Gasteiger charge is -2.30. The van der Waals surface area contributed by atoms with Gasteiger partial charge in [0, 0.05) is 41.8 Å². The molecule has 2 aliphatic carbocycles. The summed E-state index contributed by atoms with van der Waals surface area (Å²) in [7, 11) is -3.93. The Morgan fingerprint density at radius 1 is 0.976 bits per heavy atom. The van der Waals surface area contributed by atoms with Crippen LogP contribution in [0.4, 0.5) is 20.5 Å². The fourth-order valence-corrected chi connectivity index (χ4v) is 6.45. The summed E-state index contributed by atoms with van der Waals surface area (Å²) in [5.41, 5.74) is 3.70. The van der Waals surface area contributed by atoms with Gasteiger partial charge in [0.1, 0.15) is 5.82 Å². The van der Waals surface area contributed by atoms with E-state index in [9.17, 15) is 17.2 Å². The minimum atomic E-state index is -3.93. The maximum absolute atomic E-state index is 13.1. The molecule has 3 N–H and O–H groups in total. The molecule has 2 saturated carbocycles. The molecule has 41 heavy (non-hydrogen) atoms. The Labute approximate surface area is 241 Å². The molecule has 1 aromatic carbocycles. The summed E-state index contributed by atoms with van der Waals surface area (Å²) in [4.78, 5) is 13.8. The Hall–Kier alpha value is -2.92. The molecule has 11 heteroatoms. The minimum Gasteiger partial charge on any atom is -0.351 e. The number of anilines is 2. The number of sulfonamides is 1. The van der Waals surface area contributed by atoms with E-state index in [0.29, 0.717) is 25.0 Å². The zero-order valence-corrected chi connectivity index (χ0v) is 24.8. The van der Waals surface area contributed by atoms with Gasteiger partial charge in [-0.1, -0.05) is 13.8 Å². The summed E-state index contributed by atoms with van der Waals surface area (Å²) >= 11 is 0. The van der Waals surface area contributed by atoms with E-state index in [1.807, 2.05) is 12.3 Å². The number of aromatic nitrogens is 3. The molecule has 0 aliphatic heterocycles. The molecule has 0 spiro atoms. The molecule has 0 atom stereocenters. The van der Waals surface area contributed by atoms with Crippen molar-refractivity contribution in [1.29, 1.82) is 0 Å². The second-order valence-electron chi connectivity index (χ2n) is 12.1. The second kappa shape index (κ2) is 12.1. The first-order valence-corrected chi connectivity index (χ1v) is 16.2. The number of fused-ring (bicyclic) bond motifs is 1. The third kappa shape index (κ3) is 8.31. The van der Waals surface area contributed by atoms with Gasteiger partial charge < -0.3 is 10.6 Å². The van der Waals surface area contributed by atoms with Crippen molar-refractivity contribution in [2.75, 3.05) is 22.3 Å². The highest BCUT2D eigenvalue weighted by Crippen LogP contribution is 2.32. The largest absolute Gasteiger partial charge is 0.351 e. The lowest BCUT2D eigenvalue weighted by atomic mass is 9.91. The topological polar surface area (TPSA) is 109 Å². The molecule has 3 aromatic rings. The van der Waals surface area contributed by atoms with E-state index in [-0.39, 0.29) is 11.7 Å². The lowest BCUT2D eigenvalue weighted by Crippen LogP contribution is -2.38. The van der Waals surface area contributed by atoms with Gasteiger partial charge in [-0.3, -0.25) is 4.72 Å². The molecule has 2 heterocycles. The Balaban J connectivity index is 1.27. The van der Waals surface area contributed by atoms with E-state index < -0.39 is 28.1 Å². The zero-order valence-electron chi connectivity index (χ0n) is 24.0. The molecule has 2 fully saturated rings. The van der Waals surface area contributed by atoms with E-state index in [0.717, 1.165) is 52.9 Å². The zero-order chi connectivity index (χ0) is 29.2. The van der Waals surface area contributed by atoms with Crippen molar-refractivity contribution in [2.45, 2.75) is 89.6 Å². The van der Waals surface area contributed by atoms with Crippen molar-refractivity contribution in [1.82, 2.24) is 20.3 Å². The number of hydrogen-bond acceptors (Lipinski definition) is 7. The van der Waals surface area contributed by atoms with Crippen LogP contribution in [0.5, 0.6) is 0 Å². The summed E-state index contributed by atoms with van der Waals surface area (Å²) < 4.78 is 52.8. The van der Waals surface area contributed by atoms with Gasteiger partial charge in [0.05, 0.1) is 11.3 Å². The van der Waals surface area contributed by atoms with Gasteiger partial charge >= 0.3 is 0 Å². The first-order valence-electron chi connectivity index (χ1n) is 14.6. The fraction of sp³-hybridized carbons (Fsp3) is 0.567. The quantitative estimate of drug-likeness (QED) is 0.228. The van der Waals surface area contributed by atoms with Crippen molar-refractivity contribution < 1.29 is 17.2 Å². The monoisotopic (exact) mass is 586 g/mol. The highest BCUT2D eigenvalue weighted by atomic mass is 32.2. The Kier molecular flexibility index (Phi) is 8.75. The Bertz CT molecular complexity index is 1450. The highest BCUT2D eigenvalue weighted by molar-refractivity contribution is 7.92.